The van der Waals surface area contributed by atoms with Crippen molar-refractivity contribution in [3.8, 4) is 11.8 Å². The molecule has 0 saturated carbocycles. The number of aromatic nitrogens is 6. The van der Waals surface area contributed by atoms with Gasteiger partial charge in [-0.15, -0.1) is 0 Å². The second-order valence-corrected chi connectivity index (χ2v) is 12.2. The number of benzene rings is 1. The van der Waals surface area contributed by atoms with Crippen molar-refractivity contribution in [3.05, 3.63) is 89.0 Å². The van der Waals surface area contributed by atoms with Crippen LogP contribution in [0.4, 0.5) is 10.1 Å². The Hall–Kier alpha value is -5.53. The van der Waals surface area contributed by atoms with Gasteiger partial charge < -0.3 is 35.1 Å². The average molecular weight is 772 g/mol. The van der Waals surface area contributed by atoms with E-state index in [9.17, 15) is 18.8 Å². The number of amidine groups is 1. The Labute approximate surface area is 312 Å². The summed E-state index contributed by atoms with van der Waals surface area (Å²) < 4.78 is 35.2. The van der Waals surface area contributed by atoms with Crippen LogP contribution in [0.3, 0.4) is 0 Å². The van der Waals surface area contributed by atoms with Gasteiger partial charge in [-0.05, 0) is 38.5 Å². The van der Waals surface area contributed by atoms with Crippen LogP contribution in [0.2, 0.25) is 5.15 Å². The largest absolute Gasteiger partial charge is 0.477 e. The van der Waals surface area contributed by atoms with E-state index >= 15 is 0 Å². The molecule has 4 N–H and O–H groups in total. The quantitative estimate of drug-likeness (QED) is 0.204. The maximum Gasteiger partial charge on any atom is 0.358 e. The minimum absolute atomic E-state index is 0.0848. The topological polar surface area (TPSA) is 236 Å². The van der Waals surface area contributed by atoms with E-state index in [2.05, 4.69) is 44.9 Å². The number of nitrogens with one attached hydrogen (secondary N) is 1. The standard InChI is InChI=1S/C20H22FN5O3S.C7H8N2O3.C6H5ClN2O2/c1-2-29-17-9-23-16(8-24-17)18(27)25-13-3-4-15(21)14(7-13)20-11-28-6-5-12(20)10-30-19(22)26-20;1-2-12-6-4-8-5(3-9-6)7(10)11;1-11-6(10)4-2-9-5(7)3-8-4/h3-4,7-9,12H,2,5-6,10-11H2,1H3,(H2,22,26)(H,25,27);3-4H,2H2,1H3,(H,10,11);2-3H,1H3/t12-,20-;;/m0../s1. The van der Waals surface area contributed by atoms with E-state index in [0.717, 1.165) is 18.4 Å². The molecule has 1 fully saturated rings. The second kappa shape index (κ2) is 19.3. The number of carboxylic acid groups (broad SMARTS) is 1. The monoisotopic (exact) mass is 771 g/mol. The van der Waals surface area contributed by atoms with Crippen LogP contribution >= 0.6 is 23.4 Å². The summed E-state index contributed by atoms with van der Waals surface area (Å²) in [6.45, 7) is 5.44. The Bertz CT molecular complexity index is 1890. The van der Waals surface area contributed by atoms with Crippen molar-refractivity contribution in [2.45, 2.75) is 25.8 Å². The number of nitrogens with two attached hydrogens (primary N) is 1. The molecule has 0 spiro atoms. The zero-order valence-corrected chi connectivity index (χ0v) is 30.3. The van der Waals surface area contributed by atoms with Gasteiger partial charge in [-0.1, -0.05) is 23.4 Å². The molecule has 2 aliphatic heterocycles. The summed E-state index contributed by atoms with van der Waals surface area (Å²) >= 11 is 6.91. The van der Waals surface area contributed by atoms with Gasteiger partial charge in [-0.25, -0.2) is 48.9 Å². The molecule has 0 aliphatic carbocycles. The number of ether oxygens (including phenoxy) is 4. The maximum atomic E-state index is 14.9. The second-order valence-electron chi connectivity index (χ2n) is 10.7. The van der Waals surface area contributed by atoms with Gasteiger partial charge in [0.2, 0.25) is 11.8 Å². The normalized spacial score (nSPS) is 17.2. The number of anilines is 1. The van der Waals surface area contributed by atoms with Crippen LogP contribution in [0.5, 0.6) is 11.8 Å². The van der Waals surface area contributed by atoms with Crippen LogP contribution in [0.1, 0.15) is 57.3 Å². The molecule has 280 valence electrons. The zero-order chi connectivity index (χ0) is 38.4. The van der Waals surface area contributed by atoms with Crippen molar-refractivity contribution in [2.24, 2.45) is 16.6 Å². The highest BCUT2D eigenvalue weighted by atomic mass is 35.5. The number of carbonyl (C=O) groups excluding carboxylic acids is 2. The van der Waals surface area contributed by atoms with Gasteiger partial charge in [0, 0.05) is 29.5 Å². The summed E-state index contributed by atoms with van der Waals surface area (Å²) in [5.74, 6) is -0.960. The summed E-state index contributed by atoms with van der Waals surface area (Å²) in [5, 5.41) is 11.9. The third kappa shape index (κ3) is 11.0. The van der Waals surface area contributed by atoms with Crippen molar-refractivity contribution in [1.82, 2.24) is 29.9 Å². The number of halogens is 2. The molecule has 4 aromatic rings. The van der Waals surface area contributed by atoms with Crippen molar-refractivity contribution in [2.75, 3.05) is 44.6 Å². The summed E-state index contributed by atoms with van der Waals surface area (Å²) in [6, 6.07) is 4.42. The number of fused-ring (bicyclic) bond motifs is 1. The highest BCUT2D eigenvalue weighted by Crippen LogP contribution is 2.45. The number of rotatable bonds is 9. The van der Waals surface area contributed by atoms with Crippen molar-refractivity contribution >= 4 is 52.1 Å². The fraction of sp³-hybridized carbons (Fsp3) is 0.333. The molecular weight excluding hydrogens is 737 g/mol. The Morgan fingerprint density at radius 3 is 2.19 bits per heavy atom. The third-order valence-electron chi connectivity index (χ3n) is 7.35. The first-order chi connectivity index (χ1) is 25.5. The van der Waals surface area contributed by atoms with E-state index in [1.807, 2.05) is 13.8 Å². The molecule has 5 heterocycles. The number of nitrogens with zero attached hydrogens (tertiary/aromatic N) is 7. The SMILES string of the molecule is CCOc1cnc(C(=O)Nc2ccc(F)c([C@]34COCC[C@H]3CSC(N)=N4)c2)cn1.CCOc1cnc(C(=O)O)cn1.COC(=O)c1cnc(Cl)cn1. The number of amides is 1. The molecule has 0 radical (unpaired) electrons. The molecule has 1 aromatic carbocycles. The first-order valence-corrected chi connectivity index (χ1v) is 17.2. The van der Waals surface area contributed by atoms with Crippen LogP contribution in [-0.4, -0.2) is 97.3 Å². The molecule has 2 atom stereocenters. The third-order valence-corrected chi connectivity index (χ3v) is 8.50. The van der Waals surface area contributed by atoms with Gasteiger partial charge in [0.15, 0.2) is 16.6 Å². The van der Waals surface area contributed by atoms with Gasteiger partial charge in [0.1, 0.15) is 22.2 Å². The number of carboxylic acids is 1. The van der Waals surface area contributed by atoms with Gasteiger partial charge in [0.25, 0.3) is 5.91 Å². The van der Waals surface area contributed by atoms with Crippen LogP contribution < -0.4 is 20.5 Å². The molecule has 2 aliphatic rings. The first-order valence-electron chi connectivity index (χ1n) is 15.9. The summed E-state index contributed by atoms with van der Waals surface area (Å²) in [6.07, 6.45) is 8.47. The molecule has 0 unspecified atom stereocenters. The van der Waals surface area contributed by atoms with Gasteiger partial charge >= 0.3 is 11.9 Å². The molecule has 20 heteroatoms. The van der Waals surface area contributed by atoms with E-state index < -0.39 is 29.2 Å². The lowest BCUT2D eigenvalue weighted by Crippen LogP contribution is -2.48. The number of hydrogen-bond donors (Lipinski definition) is 3. The van der Waals surface area contributed by atoms with Gasteiger partial charge in [-0.3, -0.25) is 4.79 Å². The van der Waals surface area contributed by atoms with Crippen molar-refractivity contribution < 1.29 is 42.8 Å². The predicted molar refractivity (Wildman–Crippen MR) is 191 cm³/mol. The molecule has 3 aromatic heterocycles. The Morgan fingerprint density at radius 2 is 1.62 bits per heavy atom. The van der Waals surface area contributed by atoms with Crippen LogP contribution in [-0.2, 0) is 15.0 Å². The molecular formula is C33H35ClFN9O8S. The van der Waals surface area contributed by atoms with E-state index in [0.29, 0.717) is 48.0 Å². The van der Waals surface area contributed by atoms with Crippen molar-refractivity contribution in [1.29, 1.82) is 0 Å². The Morgan fingerprint density at radius 1 is 0.981 bits per heavy atom. The minimum Gasteiger partial charge on any atom is -0.477 e. The molecule has 17 nitrogen and oxygen atoms in total. The fourth-order valence-corrected chi connectivity index (χ4v) is 6.02. The molecule has 0 bridgehead atoms. The van der Waals surface area contributed by atoms with Crippen molar-refractivity contribution in [3.63, 3.8) is 0 Å². The average Bonchev–Trinajstić information content (AvgIpc) is 3.16. The number of esters is 1. The Balaban J connectivity index is 0.000000223. The molecule has 53 heavy (non-hydrogen) atoms. The number of methoxy groups -OCH3 is 1. The molecule has 1 saturated heterocycles. The van der Waals surface area contributed by atoms with E-state index in [-0.39, 0.29) is 34.8 Å². The lowest BCUT2D eigenvalue weighted by atomic mass is 9.76. The van der Waals surface area contributed by atoms with Crippen LogP contribution in [0, 0.1) is 11.7 Å². The van der Waals surface area contributed by atoms with E-state index in [1.54, 1.807) is 6.07 Å². The highest BCUT2D eigenvalue weighted by Gasteiger charge is 2.47. The summed E-state index contributed by atoms with van der Waals surface area (Å²) in [7, 11) is 1.28. The highest BCUT2D eigenvalue weighted by molar-refractivity contribution is 8.13. The number of aromatic carboxylic acids is 1. The lowest BCUT2D eigenvalue weighted by Gasteiger charge is -2.43. The summed E-state index contributed by atoms with van der Waals surface area (Å²) in [4.78, 5) is 61.0. The lowest BCUT2D eigenvalue weighted by molar-refractivity contribution is 0.00304. The minimum atomic E-state index is -1.09. The number of hydrogen-bond acceptors (Lipinski definition) is 16. The number of aliphatic imine (C=N–C) groups is 1. The van der Waals surface area contributed by atoms with E-state index in [4.69, 9.17) is 36.7 Å². The predicted octanol–water partition coefficient (Wildman–Crippen LogP) is 4.05. The van der Waals surface area contributed by atoms with Gasteiger partial charge in [0.05, 0.1) is 64.1 Å². The number of thioether (sulfide) groups is 1. The maximum absolute atomic E-state index is 14.9. The smallest absolute Gasteiger partial charge is 0.358 e. The molecule has 1 amide bonds. The van der Waals surface area contributed by atoms with E-state index in [1.165, 1.54) is 62.0 Å². The first kappa shape index (κ1) is 40.2. The van der Waals surface area contributed by atoms with Gasteiger partial charge in [-0.2, -0.15) is 0 Å². The summed E-state index contributed by atoms with van der Waals surface area (Å²) in [5.41, 5.74) is 6.07. The van der Waals surface area contributed by atoms with Crippen LogP contribution in [0.15, 0.2) is 60.4 Å². The zero-order valence-electron chi connectivity index (χ0n) is 28.7. The Kier molecular flexibility index (Phi) is 14.7. The fourth-order valence-electron chi connectivity index (χ4n) is 4.88. The number of carbonyl (C=O) groups is 3. The van der Waals surface area contributed by atoms with Crippen LogP contribution in [0.25, 0.3) is 0 Å². The molecule has 6 rings (SSSR count).